The predicted molar refractivity (Wildman–Crippen MR) is 117 cm³/mol. The summed E-state index contributed by atoms with van der Waals surface area (Å²) < 4.78 is 5.37. The molecule has 2 aromatic rings. The molecular formula is C20H20ClN3O2S2. The summed E-state index contributed by atoms with van der Waals surface area (Å²) in [6.07, 6.45) is 2.96. The van der Waals surface area contributed by atoms with Gasteiger partial charge in [0.25, 0.3) is 5.91 Å². The number of ether oxygens (including phenoxy) is 1. The highest BCUT2D eigenvalue weighted by Gasteiger charge is 2.24. The minimum Gasteiger partial charge on any atom is -0.492 e. The molecule has 2 N–H and O–H groups in total. The average Bonchev–Trinajstić information content (AvgIpc) is 2.99. The van der Waals surface area contributed by atoms with Gasteiger partial charge in [-0.2, -0.15) is 5.26 Å². The van der Waals surface area contributed by atoms with Gasteiger partial charge in [0.05, 0.1) is 17.2 Å². The molecule has 0 fully saturated rings. The largest absolute Gasteiger partial charge is 0.492 e. The lowest BCUT2D eigenvalue weighted by Crippen LogP contribution is -2.34. The number of benzene rings is 1. The molecule has 3 rings (SSSR count). The number of thiocarbonyl (C=S) groups is 1. The number of carbonyl (C=O) groups excluding carboxylic acids is 1. The lowest BCUT2D eigenvalue weighted by molar-refractivity contribution is 0.0977. The van der Waals surface area contributed by atoms with E-state index in [1.54, 1.807) is 23.5 Å². The van der Waals surface area contributed by atoms with E-state index in [1.165, 1.54) is 10.9 Å². The van der Waals surface area contributed by atoms with Crippen molar-refractivity contribution in [2.24, 2.45) is 5.92 Å². The fraction of sp³-hybridized carbons (Fsp3) is 0.350. The standard InChI is InChI=1S/C20H20ClN3O2S2/c1-3-26-16-7-5-12(9-15(16)21)18(25)23-20(27)24-19-14(10-22)13-6-4-11(2)8-17(13)28-19/h5,7,9,11H,3-4,6,8H2,1-2H3,(H2,23,24,25,27). The van der Waals surface area contributed by atoms with Gasteiger partial charge >= 0.3 is 0 Å². The number of nitrogens with zero attached hydrogens (tertiary/aromatic N) is 1. The molecule has 1 aromatic carbocycles. The van der Waals surface area contributed by atoms with Crippen molar-refractivity contribution >= 4 is 51.2 Å². The Labute approximate surface area is 178 Å². The number of halogens is 1. The van der Waals surface area contributed by atoms with E-state index in [9.17, 15) is 10.1 Å². The molecule has 0 aliphatic heterocycles. The zero-order valence-electron chi connectivity index (χ0n) is 15.6. The van der Waals surface area contributed by atoms with Gasteiger partial charge in [0.2, 0.25) is 0 Å². The van der Waals surface area contributed by atoms with E-state index in [2.05, 4.69) is 23.6 Å². The number of hydrogen-bond acceptors (Lipinski definition) is 5. The van der Waals surface area contributed by atoms with Gasteiger partial charge in [-0.25, -0.2) is 0 Å². The van der Waals surface area contributed by atoms with Crippen molar-refractivity contribution in [3.8, 4) is 11.8 Å². The minimum absolute atomic E-state index is 0.151. The molecule has 0 saturated heterocycles. The van der Waals surface area contributed by atoms with Gasteiger partial charge in [0, 0.05) is 10.4 Å². The van der Waals surface area contributed by atoms with Crippen LogP contribution in [0.3, 0.4) is 0 Å². The number of carbonyl (C=O) groups is 1. The maximum Gasteiger partial charge on any atom is 0.257 e. The molecule has 0 bridgehead atoms. The first-order valence-corrected chi connectivity index (χ1v) is 10.6. The molecule has 146 valence electrons. The monoisotopic (exact) mass is 433 g/mol. The summed E-state index contributed by atoms with van der Waals surface area (Å²) >= 11 is 13.0. The number of amides is 1. The molecule has 1 aliphatic carbocycles. The summed E-state index contributed by atoms with van der Waals surface area (Å²) in [6, 6.07) is 7.09. The number of anilines is 1. The van der Waals surface area contributed by atoms with E-state index in [-0.39, 0.29) is 11.0 Å². The van der Waals surface area contributed by atoms with E-state index in [0.29, 0.717) is 39.4 Å². The summed E-state index contributed by atoms with van der Waals surface area (Å²) in [5.74, 6) is 0.760. The normalized spacial score (nSPS) is 15.3. The van der Waals surface area contributed by atoms with Crippen molar-refractivity contribution in [3.05, 3.63) is 44.8 Å². The van der Waals surface area contributed by atoms with Crippen molar-refractivity contribution in [2.45, 2.75) is 33.1 Å². The Morgan fingerprint density at radius 2 is 2.29 bits per heavy atom. The zero-order valence-corrected chi connectivity index (χ0v) is 18.0. The smallest absolute Gasteiger partial charge is 0.257 e. The number of nitriles is 1. The van der Waals surface area contributed by atoms with E-state index in [4.69, 9.17) is 28.6 Å². The van der Waals surface area contributed by atoms with Crippen molar-refractivity contribution in [3.63, 3.8) is 0 Å². The number of thiophene rings is 1. The first-order chi connectivity index (χ1) is 13.4. The second-order valence-corrected chi connectivity index (χ2v) is 8.57. The minimum atomic E-state index is -0.379. The molecule has 0 spiro atoms. The molecule has 0 saturated carbocycles. The van der Waals surface area contributed by atoms with Gasteiger partial charge in [0.15, 0.2) is 5.11 Å². The van der Waals surface area contributed by atoms with Gasteiger partial charge in [-0.05, 0) is 68.1 Å². The third-order valence-corrected chi connectivity index (χ3v) is 6.24. The van der Waals surface area contributed by atoms with Crippen molar-refractivity contribution in [2.75, 3.05) is 11.9 Å². The molecule has 1 amide bonds. The molecule has 5 nitrogen and oxygen atoms in total. The topological polar surface area (TPSA) is 74.2 Å². The maximum atomic E-state index is 12.5. The van der Waals surface area contributed by atoms with Crippen LogP contribution in [0.25, 0.3) is 0 Å². The molecule has 0 radical (unpaired) electrons. The van der Waals surface area contributed by atoms with Crippen molar-refractivity contribution < 1.29 is 9.53 Å². The Hall–Kier alpha value is -2.14. The van der Waals surface area contributed by atoms with E-state index >= 15 is 0 Å². The number of fused-ring (bicyclic) bond motifs is 1. The molecule has 1 unspecified atom stereocenters. The molecule has 1 aromatic heterocycles. The SMILES string of the molecule is CCOc1ccc(C(=O)NC(=S)Nc2sc3c(c2C#N)CCC(C)C3)cc1Cl. The Kier molecular flexibility index (Phi) is 6.55. The van der Waals surface area contributed by atoms with Gasteiger partial charge in [-0.15, -0.1) is 11.3 Å². The highest BCUT2D eigenvalue weighted by Crippen LogP contribution is 2.39. The van der Waals surface area contributed by atoms with Crippen LogP contribution >= 0.6 is 35.2 Å². The lowest BCUT2D eigenvalue weighted by atomic mass is 9.89. The number of nitrogens with one attached hydrogen (secondary N) is 2. The van der Waals surface area contributed by atoms with E-state index in [0.717, 1.165) is 24.8 Å². The van der Waals surface area contributed by atoms with Crippen LogP contribution in [-0.4, -0.2) is 17.6 Å². The second-order valence-electron chi connectivity index (χ2n) is 6.65. The van der Waals surface area contributed by atoms with Gasteiger partial charge < -0.3 is 10.1 Å². The molecule has 28 heavy (non-hydrogen) atoms. The summed E-state index contributed by atoms with van der Waals surface area (Å²) in [5.41, 5.74) is 2.12. The van der Waals surface area contributed by atoms with Crippen LogP contribution in [0.15, 0.2) is 18.2 Å². The summed E-state index contributed by atoms with van der Waals surface area (Å²) in [6.45, 7) is 4.57. The molecule has 8 heteroatoms. The van der Waals surface area contributed by atoms with E-state index in [1.807, 2.05) is 6.92 Å². The highest BCUT2D eigenvalue weighted by molar-refractivity contribution is 7.80. The molecule has 1 heterocycles. The second kappa shape index (κ2) is 8.91. The summed E-state index contributed by atoms with van der Waals surface area (Å²) in [5, 5.41) is 16.4. The average molecular weight is 434 g/mol. The number of rotatable bonds is 4. The zero-order chi connectivity index (χ0) is 20.3. The molecule has 1 atom stereocenters. The van der Waals surface area contributed by atoms with Crippen LogP contribution in [0.1, 0.15) is 46.6 Å². The molecular weight excluding hydrogens is 414 g/mol. The highest BCUT2D eigenvalue weighted by atomic mass is 35.5. The predicted octanol–water partition coefficient (Wildman–Crippen LogP) is 4.92. The first-order valence-electron chi connectivity index (χ1n) is 9.02. The van der Waals surface area contributed by atoms with Crippen LogP contribution in [-0.2, 0) is 12.8 Å². The maximum absolute atomic E-state index is 12.5. The fourth-order valence-electron chi connectivity index (χ4n) is 3.18. The molecule has 1 aliphatic rings. The number of hydrogen-bond donors (Lipinski definition) is 2. The van der Waals surface area contributed by atoms with Gasteiger partial charge in [-0.1, -0.05) is 18.5 Å². The summed E-state index contributed by atoms with van der Waals surface area (Å²) in [4.78, 5) is 13.7. The van der Waals surface area contributed by atoms with Gasteiger partial charge in [-0.3, -0.25) is 10.1 Å². The Balaban J connectivity index is 1.70. The third kappa shape index (κ3) is 4.46. The van der Waals surface area contributed by atoms with Crippen LogP contribution in [0.2, 0.25) is 5.02 Å². The first kappa shape index (κ1) is 20.6. The Bertz CT molecular complexity index is 965. The Morgan fingerprint density at radius 3 is 2.96 bits per heavy atom. The van der Waals surface area contributed by atoms with Gasteiger partial charge in [0.1, 0.15) is 16.8 Å². The van der Waals surface area contributed by atoms with Crippen LogP contribution in [0.4, 0.5) is 5.00 Å². The van der Waals surface area contributed by atoms with Crippen molar-refractivity contribution in [1.82, 2.24) is 5.32 Å². The third-order valence-electron chi connectivity index (χ3n) is 4.57. The lowest BCUT2D eigenvalue weighted by Gasteiger charge is -2.17. The van der Waals surface area contributed by atoms with Crippen LogP contribution in [0.5, 0.6) is 5.75 Å². The quantitative estimate of drug-likeness (QED) is 0.669. The van der Waals surface area contributed by atoms with E-state index < -0.39 is 0 Å². The van der Waals surface area contributed by atoms with Crippen LogP contribution < -0.4 is 15.4 Å². The van der Waals surface area contributed by atoms with Crippen molar-refractivity contribution in [1.29, 1.82) is 5.26 Å². The summed E-state index contributed by atoms with van der Waals surface area (Å²) in [7, 11) is 0. The van der Waals surface area contributed by atoms with Crippen LogP contribution in [0, 0.1) is 17.2 Å². The Morgan fingerprint density at radius 1 is 1.50 bits per heavy atom. The fourth-order valence-corrected chi connectivity index (χ4v) is 5.04.